The predicted octanol–water partition coefficient (Wildman–Crippen LogP) is 3.35. The second-order valence-corrected chi connectivity index (χ2v) is 6.41. The summed E-state index contributed by atoms with van der Waals surface area (Å²) in [6.07, 6.45) is 2.26. The van der Waals surface area contributed by atoms with Crippen molar-refractivity contribution >= 4 is 21.6 Å². The van der Waals surface area contributed by atoms with Crippen LogP contribution in [0.2, 0.25) is 0 Å². The maximum atomic E-state index is 11.4. The number of nitrogens with one attached hydrogen (secondary N) is 1. The van der Waals surface area contributed by atoms with Crippen LogP contribution in [0.4, 0.5) is 5.69 Å². The van der Waals surface area contributed by atoms with Gasteiger partial charge in [0, 0.05) is 22.1 Å². The Morgan fingerprint density at radius 3 is 2.90 bits per heavy atom. The Labute approximate surface area is 134 Å². The van der Waals surface area contributed by atoms with E-state index in [2.05, 4.69) is 33.1 Å². The summed E-state index contributed by atoms with van der Waals surface area (Å²) in [6, 6.07) is 5.54. The second-order valence-electron chi connectivity index (χ2n) is 5.49. The third-order valence-corrected chi connectivity index (χ3v) is 4.73. The summed E-state index contributed by atoms with van der Waals surface area (Å²) in [6.45, 7) is 4.93. The first-order valence-corrected chi connectivity index (χ1v) is 8.20. The molecule has 0 saturated carbocycles. The normalized spacial score (nSPS) is 23.2. The smallest absolute Gasteiger partial charge is 0.275 e. The van der Waals surface area contributed by atoms with E-state index in [4.69, 9.17) is 0 Å². The summed E-state index contributed by atoms with van der Waals surface area (Å²) >= 11 is 3.34. The highest BCUT2D eigenvalue weighted by atomic mass is 79.9. The lowest BCUT2D eigenvalue weighted by molar-refractivity contribution is -0.386. The third-order valence-electron chi connectivity index (χ3n) is 4.24. The Morgan fingerprint density at radius 2 is 2.29 bits per heavy atom. The fourth-order valence-electron chi connectivity index (χ4n) is 3.36. The summed E-state index contributed by atoms with van der Waals surface area (Å²) in [5.41, 5.74) is 1.06. The Bertz CT molecular complexity index is 508. The van der Waals surface area contributed by atoms with Crippen LogP contribution in [0, 0.1) is 16.0 Å². The minimum atomic E-state index is -0.265. The van der Waals surface area contributed by atoms with Gasteiger partial charge in [-0.3, -0.25) is 15.0 Å². The van der Waals surface area contributed by atoms with Crippen LogP contribution in [0.25, 0.3) is 0 Å². The molecule has 1 aliphatic heterocycles. The molecule has 2 rings (SSSR count). The van der Waals surface area contributed by atoms with Crippen LogP contribution in [0.3, 0.4) is 0 Å². The summed E-state index contributed by atoms with van der Waals surface area (Å²) in [7, 11) is 1.94. The molecule has 21 heavy (non-hydrogen) atoms. The average molecular weight is 356 g/mol. The Balaban J connectivity index is 2.45. The molecule has 1 heterocycles. The van der Waals surface area contributed by atoms with Gasteiger partial charge in [-0.25, -0.2) is 0 Å². The second kappa shape index (κ2) is 7.33. The van der Waals surface area contributed by atoms with E-state index in [1.165, 1.54) is 0 Å². The monoisotopic (exact) mass is 355 g/mol. The zero-order valence-electron chi connectivity index (χ0n) is 12.5. The van der Waals surface area contributed by atoms with Crippen LogP contribution in [0.1, 0.15) is 31.4 Å². The van der Waals surface area contributed by atoms with Gasteiger partial charge in [0.25, 0.3) is 5.69 Å². The van der Waals surface area contributed by atoms with Gasteiger partial charge >= 0.3 is 0 Å². The van der Waals surface area contributed by atoms with Gasteiger partial charge in [0.05, 0.1) is 4.92 Å². The molecule has 5 nitrogen and oxygen atoms in total. The molecule has 0 spiro atoms. The largest absolute Gasteiger partial charge is 0.319 e. The first kappa shape index (κ1) is 16.4. The fourth-order valence-corrected chi connectivity index (χ4v) is 3.71. The number of rotatable bonds is 5. The van der Waals surface area contributed by atoms with E-state index in [-0.39, 0.29) is 16.7 Å². The number of halogens is 1. The molecule has 1 aromatic rings. The molecule has 116 valence electrons. The number of benzene rings is 1. The Morgan fingerprint density at radius 1 is 1.52 bits per heavy atom. The standard InChI is InChI=1S/C15H22BrN3O2/c1-3-18-8-4-5-11(10-17-2)15(18)13-7-6-12(16)9-14(13)19(20)21/h6-7,9,11,15,17H,3-5,8,10H2,1-2H3. The molecule has 0 amide bonds. The van der Waals surface area contributed by atoms with Gasteiger partial charge < -0.3 is 5.32 Å². The minimum absolute atomic E-state index is 0.115. The molecule has 2 unspecified atom stereocenters. The maximum Gasteiger partial charge on any atom is 0.275 e. The minimum Gasteiger partial charge on any atom is -0.319 e. The first-order chi connectivity index (χ1) is 10.1. The van der Waals surface area contributed by atoms with Gasteiger partial charge in [-0.15, -0.1) is 0 Å². The Kier molecular flexibility index (Phi) is 5.72. The van der Waals surface area contributed by atoms with Crippen molar-refractivity contribution in [2.75, 3.05) is 26.7 Å². The lowest BCUT2D eigenvalue weighted by Gasteiger charge is -2.41. The highest BCUT2D eigenvalue weighted by Crippen LogP contribution is 2.40. The number of nitro benzene ring substituents is 1. The van der Waals surface area contributed by atoms with Crippen molar-refractivity contribution in [2.45, 2.75) is 25.8 Å². The molecule has 6 heteroatoms. The van der Waals surface area contributed by atoms with Crippen molar-refractivity contribution in [2.24, 2.45) is 5.92 Å². The van der Waals surface area contributed by atoms with E-state index >= 15 is 0 Å². The molecule has 1 saturated heterocycles. The van der Waals surface area contributed by atoms with Gasteiger partial charge in [-0.2, -0.15) is 0 Å². The molecule has 1 fully saturated rings. The van der Waals surface area contributed by atoms with E-state index in [1.807, 2.05) is 19.2 Å². The molecule has 0 radical (unpaired) electrons. The zero-order valence-corrected chi connectivity index (χ0v) is 14.1. The van der Waals surface area contributed by atoms with E-state index in [9.17, 15) is 10.1 Å². The average Bonchev–Trinajstić information content (AvgIpc) is 2.47. The Hall–Kier alpha value is -0.980. The number of likely N-dealkylation sites (tertiary alicyclic amines) is 1. The number of nitro groups is 1. The summed E-state index contributed by atoms with van der Waals surface area (Å²) in [5.74, 6) is 0.406. The SMILES string of the molecule is CCN1CCCC(CNC)C1c1ccc(Br)cc1[N+](=O)[O-]. The van der Waals surface area contributed by atoms with Gasteiger partial charge in [-0.1, -0.05) is 22.9 Å². The van der Waals surface area contributed by atoms with Gasteiger partial charge in [0.2, 0.25) is 0 Å². The van der Waals surface area contributed by atoms with Crippen LogP contribution >= 0.6 is 15.9 Å². The molecular formula is C15H22BrN3O2. The van der Waals surface area contributed by atoms with Gasteiger partial charge in [0.1, 0.15) is 0 Å². The molecule has 0 bridgehead atoms. The van der Waals surface area contributed by atoms with Gasteiger partial charge in [0.15, 0.2) is 0 Å². The van der Waals surface area contributed by atoms with Crippen molar-refractivity contribution in [3.63, 3.8) is 0 Å². The van der Waals surface area contributed by atoms with Crippen LogP contribution < -0.4 is 5.32 Å². The number of hydrogen-bond donors (Lipinski definition) is 1. The summed E-state index contributed by atoms with van der Waals surface area (Å²) in [4.78, 5) is 13.5. The molecular weight excluding hydrogens is 334 g/mol. The molecule has 1 aliphatic rings. The van der Waals surface area contributed by atoms with Crippen molar-refractivity contribution < 1.29 is 4.92 Å². The highest BCUT2D eigenvalue weighted by molar-refractivity contribution is 9.10. The number of nitrogens with zero attached hydrogens (tertiary/aromatic N) is 2. The fraction of sp³-hybridized carbons (Fsp3) is 0.600. The lowest BCUT2D eigenvalue weighted by atomic mass is 9.84. The van der Waals surface area contributed by atoms with E-state index < -0.39 is 0 Å². The van der Waals surface area contributed by atoms with Gasteiger partial charge in [-0.05, 0) is 57.6 Å². The van der Waals surface area contributed by atoms with Crippen LogP contribution in [-0.4, -0.2) is 36.5 Å². The van der Waals surface area contributed by atoms with E-state index in [1.54, 1.807) is 6.07 Å². The molecule has 2 atom stereocenters. The third kappa shape index (κ3) is 3.62. The number of piperidine rings is 1. The summed E-state index contributed by atoms with van der Waals surface area (Å²) < 4.78 is 0.752. The van der Waals surface area contributed by atoms with Crippen LogP contribution in [0.5, 0.6) is 0 Å². The zero-order chi connectivity index (χ0) is 15.4. The molecule has 0 aliphatic carbocycles. The van der Waals surface area contributed by atoms with Crippen molar-refractivity contribution in [1.29, 1.82) is 0 Å². The molecule has 1 N–H and O–H groups in total. The molecule has 0 aromatic heterocycles. The summed E-state index contributed by atoms with van der Waals surface area (Å²) in [5, 5.41) is 14.7. The van der Waals surface area contributed by atoms with Crippen LogP contribution in [-0.2, 0) is 0 Å². The van der Waals surface area contributed by atoms with Crippen molar-refractivity contribution in [3.8, 4) is 0 Å². The molecule has 1 aromatic carbocycles. The first-order valence-electron chi connectivity index (χ1n) is 7.41. The predicted molar refractivity (Wildman–Crippen MR) is 87.4 cm³/mol. The van der Waals surface area contributed by atoms with E-state index in [0.29, 0.717) is 5.92 Å². The van der Waals surface area contributed by atoms with Crippen molar-refractivity contribution in [1.82, 2.24) is 10.2 Å². The van der Waals surface area contributed by atoms with E-state index in [0.717, 1.165) is 42.5 Å². The van der Waals surface area contributed by atoms with Crippen molar-refractivity contribution in [3.05, 3.63) is 38.3 Å². The van der Waals surface area contributed by atoms with Crippen LogP contribution in [0.15, 0.2) is 22.7 Å². The quantitative estimate of drug-likeness (QED) is 0.649. The maximum absolute atomic E-state index is 11.4. The number of hydrogen-bond acceptors (Lipinski definition) is 4. The topological polar surface area (TPSA) is 58.4 Å². The highest BCUT2D eigenvalue weighted by Gasteiger charge is 2.35. The lowest BCUT2D eigenvalue weighted by Crippen LogP contribution is -2.42.